The summed E-state index contributed by atoms with van der Waals surface area (Å²) in [5, 5.41) is 4.70. The molecule has 0 bridgehead atoms. The highest BCUT2D eigenvalue weighted by Crippen LogP contribution is 2.38. The van der Waals surface area contributed by atoms with Crippen LogP contribution in [0.3, 0.4) is 0 Å². The third-order valence-electron chi connectivity index (χ3n) is 9.38. The molecule has 4 aromatic rings. The molecule has 1 unspecified atom stereocenters. The van der Waals surface area contributed by atoms with E-state index in [-0.39, 0.29) is 11.8 Å². The van der Waals surface area contributed by atoms with Gasteiger partial charge < -0.3 is 9.88 Å². The summed E-state index contributed by atoms with van der Waals surface area (Å²) in [7, 11) is 0. The Morgan fingerprint density at radius 2 is 1.57 bits per heavy atom. The molecule has 1 heterocycles. The molecule has 1 amide bonds. The number of carbonyl (C=O) groups excluding carboxylic acids is 1. The molecule has 0 aliphatic heterocycles. The van der Waals surface area contributed by atoms with Crippen molar-refractivity contribution >= 4 is 16.8 Å². The molecule has 208 valence electrons. The molecule has 40 heavy (non-hydrogen) atoms. The minimum absolute atomic E-state index is 0.0182. The third-order valence-corrected chi connectivity index (χ3v) is 9.38. The van der Waals surface area contributed by atoms with Crippen LogP contribution in [-0.4, -0.2) is 16.5 Å². The number of hydrogen-bond donors (Lipinski definition) is 1. The molecule has 2 fully saturated rings. The maximum absolute atomic E-state index is 13.6. The summed E-state index contributed by atoms with van der Waals surface area (Å²) in [5.74, 6) is 0.938. The number of amides is 1. The van der Waals surface area contributed by atoms with Gasteiger partial charge in [0.2, 0.25) is 5.91 Å². The molecular weight excluding hydrogens is 488 g/mol. The van der Waals surface area contributed by atoms with Crippen LogP contribution in [0.4, 0.5) is 0 Å². The van der Waals surface area contributed by atoms with E-state index in [0.29, 0.717) is 12.5 Å². The van der Waals surface area contributed by atoms with Gasteiger partial charge in [0.25, 0.3) is 0 Å². The number of aryl methyl sites for hydroxylation is 1. The van der Waals surface area contributed by atoms with E-state index in [0.717, 1.165) is 25.3 Å². The molecule has 6 rings (SSSR count). The Morgan fingerprint density at radius 1 is 0.825 bits per heavy atom. The van der Waals surface area contributed by atoms with Gasteiger partial charge in [-0.1, -0.05) is 105 Å². The summed E-state index contributed by atoms with van der Waals surface area (Å²) in [4.78, 5) is 13.6. The number of benzene rings is 3. The second-order valence-corrected chi connectivity index (χ2v) is 12.4. The van der Waals surface area contributed by atoms with E-state index in [1.54, 1.807) is 0 Å². The SMILES string of the molecule is Cc1cccc(C(CC(=O)NC2CCCCC2)c2cn(CC3CCCCC3)c3ccc(-c4ccccc4)cc23)c1. The summed E-state index contributed by atoms with van der Waals surface area (Å²) in [6, 6.07) is 26.8. The van der Waals surface area contributed by atoms with E-state index in [1.165, 1.54) is 90.1 Å². The molecular formula is C37H44N2O. The number of aromatic nitrogens is 1. The molecule has 2 aliphatic rings. The molecule has 2 saturated carbocycles. The van der Waals surface area contributed by atoms with E-state index >= 15 is 0 Å². The van der Waals surface area contributed by atoms with Crippen molar-refractivity contribution in [1.29, 1.82) is 0 Å². The number of nitrogens with one attached hydrogen (secondary N) is 1. The van der Waals surface area contributed by atoms with Crippen molar-refractivity contribution < 1.29 is 4.79 Å². The normalized spacial score (nSPS) is 17.6. The van der Waals surface area contributed by atoms with Crippen LogP contribution in [0.1, 0.15) is 93.2 Å². The van der Waals surface area contributed by atoms with Gasteiger partial charge in [-0.25, -0.2) is 0 Å². The largest absolute Gasteiger partial charge is 0.353 e. The molecule has 0 spiro atoms. The zero-order valence-electron chi connectivity index (χ0n) is 24.1. The predicted octanol–water partition coefficient (Wildman–Crippen LogP) is 9.17. The first-order chi connectivity index (χ1) is 19.6. The summed E-state index contributed by atoms with van der Waals surface area (Å²) in [6.07, 6.45) is 15.6. The van der Waals surface area contributed by atoms with E-state index < -0.39 is 0 Å². The number of fused-ring (bicyclic) bond motifs is 1. The van der Waals surface area contributed by atoms with E-state index in [2.05, 4.69) is 95.8 Å². The Balaban J connectivity index is 1.42. The minimum Gasteiger partial charge on any atom is -0.353 e. The topological polar surface area (TPSA) is 34.0 Å². The summed E-state index contributed by atoms with van der Waals surface area (Å²) in [5.41, 5.74) is 7.53. The summed E-state index contributed by atoms with van der Waals surface area (Å²) in [6.45, 7) is 3.22. The Kier molecular flexibility index (Phi) is 8.37. The monoisotopic (exact) mass is 532 g/mol. The highest BCUT2D eigenvalue weighted by atomic mass is 16.1. The van der Waals surface area contributed by atoms with Crippen molar-refractivity contribution in [2.45, 2.75) is 96.1 Å². The van der Waals surface area contributed by atoms with Crippen molar-refractivity contribution in [3.63, 3.8) is 0 Å². The van der Waals surface area contributed by atoms with Crippen molar-refractivity contribution in [3.05, 3.63) is 95.7 Å². The van der Waals surface area contributed by atoms with Crippen molar-refractivity contribution in [1.82, 2.24) is 9.88 Å². The van der Waals surface area contributed by atoms with Gasteiger partial charge in [-0.3, -0.25) is 4.79 Å². The zero-order valence-corrected chi connectivity index (χ0v) is 24.1. The van der Waals surface area contributed by atoms with Gasteiger partial charge in [-0.15, -0.1) is 0 Å². The molecule has 2 aliphatic carbocycles. The van der Waals surface area contributed by atoms with Gasteiger partial charge in [-0.05, 0) is 72.9 Å². The maximum atomic E-state index is 13.6. The van der Waals surface area contributed by atoms with Gasteiger partial charge in [-0.2, -0.15) is 0 Å². The summed E-state index contributed by atoms with van der Waals surface area (Å²) >= 11 is 0. The number of carbonyl (C=O) groups is 1. The van der Waals surface area contributed by atoms with Crippen molar-refractivity contribution in [2.75, 3.05) is 0 Å². The highest BCUT2D eigenvalue weighted by Gasteiger charge is 2.26. The van der Waals surface area contributed by atoms with Gasteiger partial charge in [0.1, 0.15) is 0 Å². The van der Waals surface area contributed by atoms with E-state index in [1.807, 2.05) is 0 Å². The smallest absolute Gasteiger partial charge is 0.221 e. The van der Waals surface area contributed by atoms with Gasteiger partial charge in [0.05, 0.1) is 0 Å². The van der Waals surface area contributed by atoms with Gasteiger partial charge in [0.15, 0.2) is 0 Å². The van der Waals surface area contributed by atoms with Crippen molar-refractivity contribution in [3.8, 4) is 11.1 Å². The molecule has 3 nitrogen and oxygen atoms in total. The Labute approximate surface area is 240 Å². The fourth-order valence-corrected chi connectivity index (χ4v) is 7.22. The number of hydrogen-bond acceptors (Lipinski definition) is 1. The van der Waals surface area contributed by atoms with Gasteiger partial charge >= 0.3 is 0 Å². The Morgan fingerprint density at radius 3 is 2.33 bits per heavy atom. The maximum Gasteiger partial charge on any atom is 0.221 e. The van der Waals surface area contributed by atoms with Crippen LogP contribution in [0.5, 0.6) is 0 Å². The van der Waals surface area contributed by atoms with Crippen LogP contribution in [0.2, 0.25) is 0 Å². The van der Waals surface area contributed by atoms with Gasteiger partial charge in [0, 0.05) is 42.0 Å². The second-order valence-electron chi connectivity index (χ2n) is 12.4. The highest BCUT2D eigenvalue weighted by molar-refractivity contribution is 5.90. The average molecular weight is 533 g/mol. The molecule has 1 atom stereocenters. The lowest BCUT2D eigenvalue weighted by atomic mass is 9.86. The molecule has 1 N–H and O–H groups in total. The first-order valence-corrected chi connectivity index (χ1v) is 15.7. The van der Waals surface area contributed by atoms with Crippen LogP contribution in [0, 0.1) is 12.8 Å². The first-order valence-electron chi connectivity index (χ1n) is 15.7. The minimum atomic E-state index is 0.0182. The standard InChI is InChI=1S/C37H44N2O/c1-27-12-11-17-31(22-27)33(24-37(40)38-32-18-9-4-10-19-32)35-26-39(25-28-13-5-2-6-14-28)36-21-20-30(23-34(35)36)29-15-7-3-8-16-29/h3,7-8,11-12,15-17,20-23,26,28,32-33H,2,4-6,9-10,13-14,18-19,24-25H2,1H3,(H,38,40). The average Bonchev–Trinajstić information content (AvgIpc) is 3.34. The zero-order chi connectivity index (χ0) is 27.3. The Bertz CT molecular complexity index is 1420. The second kappa shape index (κ2) is 12.5. The Hall–Kier alpha value is -3.33. The fourth-order valence-electron chi connectivity index (χ4n) is 7.22. The van der Waals surface area contributed by atoms with Crippen LogP contribution < -0.4 is 5.32 Å². The number of nitrogens with zero attached hydrogens (tertiary/aromatic N) is 1. The first kappa shape index (κ1) is 26.9. The van der Waals surface area contributed by atoms with Crippen LogP contribution >= 0.6 is 0 Å². The lowest BCUT2D eigenvalue weighted by Crippen LogP contribution is -2.36. The summed E-state index contributed by atoms with van der Waals surface area (Å²) < 4.78 is 2.51. The fraction of sp³-hybridized carbons (Fsp3) is 0.432. The van der Waals surface area contributed by atoms with E-state index in [9.17, 15) is 4.79 Å². The molecule has 3 aromatic carbocycles. The van der Waals surface area contributed by atoms with Crippen LogP contribution in [0.25, 0.3) is 22.0 Å². The van der Waals surface area contributed by atoms with Crippen LogP contribution in [-0.2, 0) is 11.3 Å². The quantitative estimate of drug-likeness (QED) is 0.241. The lowest BCUT2D eigenvalue weighted by molar-refractivity contribution is -0.122. The van der Waals surface area contributed by atoms with Crippen molar-refractivity contribution in [2.24, 2.45) is 5.92 Å². The third kappa shape index (κ3) is 6.19. The lowest BCUT2D eigenvalue weighted by Gasteiger charge is -2.24. The molecule has 3 heteroatoms. The number of rotatable bonds is 8. The van der Waals surface area contributed by atoms with Crippen LogP contribution in [0.15, 0.2) is 79.0 Å². The molecule has 1 aromatic heterocycles. The predicted molar refractivity (Wildman–Crippen MR) is 167 cm³/mol. The molecule has 0 radical (unpaired) electrons. The van der Waals surface area contributed by atoms with E-state index in [4.69, 9.17) is 0 Å². The molecule has 0 saturated heterocycles.